The van der Waals surface area contributed by atoms with Crippen molar-refractivity contribution in [3.63, 3.8) is 0 Å². The lowest BCUT2D eigenvalue weighted by molar-refractivity contribution is -0.384. The summed E-state index contributed by atoms with van der Waals surface area (Å²) < 4.78 is 1.63. The molecule has 0 spiro atoms. The summed E-state index contributed by atoms with van der Waals surface area (Å²) in [5.74, 6) is -0.183. The van der Waals surface area contributed by atoms with Crippen molar-refractivity contribution in [2.75, 3.05) is 31.1 Å². The van der Waals surface area contributed by atoms with Gasteiger partial charge in [-0.2, -0.15) is 5.10 Å². The molecule has 0 bridgehead atoms. The van der Waals surface area contributed by atoms with Crippen LogP contribution in [0.15, 0.2) is 48.5 Å². The van der Waals surface area contributed by atoms with Gasteiger partial charge in [-0.25, -0.2) is 4.68 Å². The van der Waals surface area contributed by atoms with Crippen LogP contribution in [0.4, 0.5) is 11.4 Å². The van der Waals surface area contributed by atoms with Crippen LogP contribution in [0.25, 0.3) is 0 Å². The van der Waals surface area contributed by atoms with Gasteiger partial charge >= 0.3 is 0 Å². The van der Waals surface area contributed by atoms with Crippen LogP contribution in [0.2, 0.25) is 10.2 Å². The molecule has 8 nitrogen and oxygen atoms in total. The molecular weight excluding hydrogens is 453 g/mol. The molecule has 32 heavy (non-hydrogen) atoms. The molecular formula is C22H21Cl2N5O3. The molecule has 1 aliphatic heterocycles. The normalized spacial score (nSPS) is 14.0. The van der Waals surface area contributed by atoms with Crippen LogP contribution < -0.4 is 4.90 Å². The van der Waals surface area contributed by atoms with Crippen molar-refractivity contribution in [3.8, 4) is 0 Å². The minimum absolute atomic E-state index is 0.0432. The lowest BCUT2D eigenvalue weighted by atomic mass is 10.2. The maximum atomic E-state index is 13.2. The van der Waals surface area contributed by atoms with Gasteiger partial charge in [0, 0.05) is 37.3 Å². The number of aromatic nitrogens is 2. The highest BCUT2D eigenvalue weighted by Crippen LogP contribution is 2.32. The van der Waals surface area contributed by atoms with Crippen LogP contribution in [0, 0.1) is 17.0 Å². The van der Waals surface area contributed by atoms with Crippen molar-refractivity contribution in [3.05, 3.63) is 85.6 Å². The average molecular weight is 474 g/mol. The SMILES string of the molecule is Cc1nn(Cc2ccccc2)c(Cl)c1C(=O)N1CCN(c2ccc(Cl)cc2[N+](=O)[O-])CC1. The first-order valence-corrected chi connectivity index (χ1v) is 10.9. The van der Waals surface area contributed by atoms with Crippen molar-refractivity contribution in [2.24, 2.45) is 0 Å². The van der Waals surface area contributed by atoms with E-state index in [1.807, 2.05) is 35.2 Å². The molecule has 1 amide bonds. The van der Waals surface area contributed by atoms with Crippen LogP contribution in [0.5, 0.6) is 0 Å². The number of nitro benzene ring substituents is 1. The van der Waals surface area contributed by atoms with E-state index < -0.39 is 4.92 Å². The van der Waals surface area contributed by atoms with Crippen LogP contribution in [0.3, 0.4) is 0 Å². The van der Waals surface area contributed by atoms with Gasteiger partial charge in [-0.3, -0.25) is 14.9 Å². The van der Waals surface area contributed by atoms with E-state index >= 15 is 0 Å². The second-order valence-corrected chi connectivity index (χ2v) is 8.36. The molecule has 0 atom stereocenters. The maximum absolute atomic E-state index is 13.2. The molecule has 0 unspecified atom stereocenters. The maximum Gasteiger partial charge on any atom is 0.294 e. The number of piperazine rings is 1. The molecule has 166 valence electrons. The number of hydrogen-bond donors (Lipinski definition) is 0. The fraction of sp³-hybridized carbons (Fsp3) is 0.273. The zero-order valence-corrected chi connectivity index (χ0v) is 18.9. The third-order valence-corrected chi connectivity index (χ3v) is 6.12. The minimum Gasteiger partial charge on any atom is -0.362 e. The lowest BCUT2D eigenvalue weighted by Crippen LogP contribution is -2.49. The van der Waals surface area contributed by atoms with Gasteiger partial charge < -0.3 is 9.80 Å². The number of benzene rings is 2. The average Bonchev–Trinajstić information content (AvgIpc) is 3.06. The zero-order valence-electron chi connectivity index (χ0n) is 17.4. The van der Waals surface area contributed by atoms with E-state index in [1.165, 1.54) is 6.07 Å². The number of amides is 1. The summed E-state index contributed by atoms with van der Waals surface area (Å²) in [6.45, 7) is 4.00. The topological polar surface area (TPSA) is 84.5 Å². The summed E-state index contributed by atoms with van der Waals surface area (Å²) in [6, 6.07) is 14.4. The van der Waals surface area contributed by atoms with Gasteiger partial charge in [-0.05, 0) is 24.6 Å². The minimum atomic E-state index is -0.441. The van der Waals surface area contributed by atoms with Gasteiger partial charge in [0.2, 0.25) is 0 Å². The highest BCUT2D eigenvalue weighted by molar-refractivity contribution is 6.33. The van der Waals surface area contributed by atoms with Gasteiger partial charge in [-0.15, -0.1) is 0 Å². The van der Waals surface area contributed by atoms with Crippen LogP contribution in [-0.4, -0.2) is 51.7 Å². The summed E-state index contributed by atoms with van der Waals surface area (Å²) >= 11 is 12.5. The van der Waals surface area contributed by atoms with Gasteiger partial charge in [0.15, 0.2) is 0 Å². The Labute approximate surface area is 195 Å². The van der Waals surface area contributed by atoms with Crippen molar-refractivity contribution >= 4 is 40.5 Å². The highest BCUT2D eigenvalue weighted by Gasteiger charge is 2.30. The van der Waals surface area contributed by atoms with Crippen LogP contribution in [-0.2, 0) is 6.54 Å². The summed E-state index contributed by atoms with van der Waals surface area (Å²) in [4.78, 5) is 27.8. The number of aryl methyl sites for hydroxylation is 1. The molecule has 1 saturated heterocycles. The second kappa shape index (κ2) is 9.18. The van der Waals surface area contributed by atoms with Gasteiger partial charge in [-0.1, -0.05) is 53.5 Å². The molecule has 1 aromatic heterocycles. The fourth-order valence-corrected chi connectivity index (χ4v) is 4.36. The Morgan fingerprint density at radius 1 is 1.09 bits per heavy atom. The fourth-order valence-electron chi connectivity index (χ4n) is 3.88. The number of nitro groups is 1. The molecule has 4 rings (SSSR count). The van der Waals surface area contributed by atoms with Gasteiger partial charge in [0.05, 0.1) is 22.7 Å². The van der Waals surface area contributed by atoms with E-state index in [9.17, 15) is 14.9 Å². The zero-order chi connectivity index (χ0) is 22.8. The van der Waals surface area contributed by atoms with E-state index in [-0.39, 0.29) is 11.6 Å². The first-order valence-electron chi connectivity index (χ1n) is 10.1. The number of anilines is 1. The summed E-state index contributed by atoms with van der Waals surface area (Å²) in [5, 5.41) is 16.5. The third-order valence-electron chi connectivity index (χ3n) is 5.50. The first-order chi connectivity index (χ1) is 15.3. The van der Waals surface area contributed by atoms with E-state index in [0.29, 0.717) is 59.8 Å². The number of carbonyl (C=O) groups excluding carboxylic acids is 1. The Morgan fingerprint density at radius 2 is 1.78 bits per heavy atom. The van der Waals surface area contributed by atoms with Crippen molar-refractivity contribution in [2.45, 2.75) is 13.5 Å². The standard InChI is InChI=1S/C22H21Cl2N5O3/c1-15-20(21(24)28(25-15)14-16-5-3-2-4-6-16)22(30)27-11-9-26(10-12-27)18-8-7-17(23)13-19(18)29(31)32/h2-8,13H,9-12,14H2,1H3. The number of carbonyl (C=O) groups is 1. The first kappa shape index (κ1) is 22.1. The predicted molar refractivity (Wildman–Crippen MR) is 124 cm³/mol. The van der Waals surface area contributed by atoms with Crippen molar-refractivity contribution in [1.82, 2.24) is 14.7 Å². The molecule has 3 aromatic rings. The highest BCUT2D eigenvalue weighted by atomic mass is 35.5. The lowest BCUT2D eigenvalue weighted by Gasteiger charge is -2.35. The number of rotatable bonds is 5. The molecule has 1 fully saturated rings. The Morgan fingerprint density at radius 3 is 2.44 bits per heavy atom. The van der Waals surface area contributed by atoms with Gasteiger partial charge in [0.1, 0.15) is 10.8 Å². The molecule has 0 N–H and O–H groups in total. The molecule has 0 saturated carbocycles. The van der Waals surface area contributed by atoms with Crippen LogP contribution >= 0.6 is 23.2 Å². The van der Waals surface area contributed by atoms with Crippen molar-refractivity contribution in [1.29, 1.82) is 0 Å². The van der Waals surface area contributed by atoms with Crippen LogP contribution in [0.1, 0.15) is 21.6 Å². The van der Waals surface area contributed by atoms with E-state index in [0.717, 1.165) is 5.56 Å². The third kappa shape index (κ3) is 4.42. The Hall–Kier alpha value is -3.10. The van der Waals surface area contributed by atoms with Gasteiger partial charge in [0.25, 0.3) is 11.6 Å². The summed E-state index contributed by atoms with van der Waals surface area (Å²) in [7, 11) is 0. The molecule has 10 heteroatoms. The number of halogens is 2. The summed E-state index contributed by atoms with van der Waals surface area (Å²) in [6.07, 6.45) is 0. The predicted octanol–water partition coefficient (Wildman–Crippen LogP) is 4.42. The second-order valence-electron chi connectivity index (χ2n) is 7.56. The van der Waals surface area contributed by atoms with Crippen molar-refractivity contribution < 1.29 is 9.72 Å². The molecule has 0 radical (unpaired) electrons. The Bertz CT molecular complexity index is 1160. The Kier molecular flexibility index (Phi) is 6.34. The Balaban J connectivity index is 1.48. The van der Waals surface area contributed by atoms with E-state index in [2.05, 4.69) is 5.10 Å². The molecule has 1 aliphatic rings. The largest absolute Gasteiger partial charge is 0.362 e. The quantitative estimate of drug-likeness (QED) is 0.404. The van der Waals surface area contributed by atoms with E-state index in [1.54, 1.807) is 28.6 Å². The van der Waals surface area contributed by atoms with E-state index in [4.69, 9.17) is 23.2 Å². The number of hydrogen-bond acceptors (Lipinski definition) is 5. The monoisotopic (exact) mass is 473 g/mol. The summed E-state index contributed by atoms with van der Waals surface area (Å²) in [5.41, 5.74) is 2.46. The molecule has 2 aromatic carbocycles. The smallest absolute Gasteiger partial charge is 0.294 e. The number of nitrogens with zero attached hydrogens (tertiary/aromatic N) is 5. The molecule has 2 heterocycles. The molecule has 0 aliphatic carbocycles.